The van der Waals surface area contributed by atoms with Gasteiger partial charge in [0.05, 0.1) is 11.8 Å². The Morgan fingerprint density at radius 3 is 3.12 bits per heavy atom. The Balaban J connectivity index is 1.90. The third-order valence-electron chi connectivity index (χ3n) is 3.34. The molecule has 0 amide bonds. The summed E-state index contributed by atoms with van der Waals surface area (Å²) < 4.78 is 0. The lowest BCUT2D eigenvalue weighted by molar-refractivity contribution is 0.0594. The number of hydrogen-bond acceptors (Lipinski definition) is 3. The lowest BCUT2D eigenvalue weighted by Crippen LogP contribution is -2.39. The lowest BCUT2D eigenvalue weighted by atomic mass is 9.93. The number of likely N-dealkylation sites (tertiary alicyclic amines) is 1. The molecule has 0 bridgehead atoms. The first kappa shape index (κ1) is 11.6. The number of piperidine rings is 1. The van der Waals surface area contributed by atoms with Crippen LogP contribution in [0.25, 0.3) is 0 Å². The van der Waals surface area contributed by atoms with E-state index >= 15 is 0 Å². The Hall–Kier alpha value is -0.930. The molecule has 1 fully saturated rings. The molecule has 16 heavy (non-hydrogen) atoms. The highest BCUT2D eigenvalue weighted by molar-refractivity contribution is 5.03. The summed E-state index contributed by atoms with van der Waals surface area (Å²) >= 11 is 0. The van der Waals surface area contributed by atoms with Gasteiger partial charge in [-0.1, -0.05) is 6.07 Å². The van der Waals surface area contributed by atoms with Crippen LogP contribution in [0, 0.1) is 5.92 Å². The average molecular weight is 220 g/mol. The van der Waals surface area contributed by atoms with Crippen molar-refractivity contribution in [3.8, 4) is 0 Å². The van der Waals surface area contributed by atoms with Gasteiger partial charge in [-0.3, -0.25) is 9.88 Å². The van der Waals surface area contributed by atoms with E-state index in [1.807, 2.05) is 25.3 Å². The quantitative estimate of drug-likeness (QED) is 0.842. The van der Waals surface area contributed by atoms with Gasteiger partial charge in [-0.15, -0.1) is 0 Å². The van der Waals surface area contributed by atoms with Crippen molar-refractivity contribution in [1.82, 2.24) is 9.88 Å². The summed E-state index contributed by atoms with van der Waals surface area (Å²) in [5.74, 6) is 0.428. The lowest BCUT2D eigenvalue weighted by Gasteiger charge is -2.33. The first-order valence-electron chi connectivity index (χ1n) is 6.06. The number of nitrogens with zero attached hydrogens (tertiary/aromatic N) is 2. The highest BCUT2D eigenvalue weighted by atomic mass is 16.3. The maximum atomic E-state index is 9.62. The van der Waals surface area contributed by atoms with Crippen LogP contribution in [0.3, 0.4) is 0 Å². The molecule has 1 N–H and O–H groups in total. The van der Waals surface area contributed by atoms with Crippen molar-refractivity contribution in [1.29, 1.82) is 0 Å². The van der Waals surface area contributed by atoms with Crippen LogP contribution in [-0.2, 0) is 6.54 Å². The van der Waals surface area contributed by atoms with E-state index < -0.39 is 0 Å². The third kappa shape index (κ3) is 3.03. The molecule has 1 aromatic heterocycles. The van der Waals surface area contributed by atoms with Crippen LogP contribution in [0.1, 0.15) is 25.5 Å². The van der Waals surface area contributed by atoms with Gasteiger partial charge in [-0.25, -0.2) is 0 Å². The fourth-order valence-electron chi connectivity index (χ4n) is 2.35. The average Bonchev–Trinajstić information content (AvgIpc) is 2.30. The monoisotopic (exact) mass is 220 g/mol. The van der Waals surface area contributed by atoms with Crippen LogP contribution < -0.4 is 0 Å². The first-order valence-corrected chi connectivity index (χ1v) is 6.06. The Morgan fingerprint density at radius 1 is 1.56 bits per heavy atom. The van der Waals surface area contributed by atoms with E-state index in [0.717, 1.165) is 31.7 Å². The largest absolute Gasteiger partial charge is 0.393 e. The molecule has 0 spiro atoms. The SMILES string of the molecule is C[C@H](O)[C@@H]1CCCN(Cc2ccccn2)C1. The zero-order chi connectivity index (χ0) is 11.4. The van der Waals surface area contributed by atoms with Crippen molar-refractivity contribution in [3.63, 3.8) is 0 Å². The number of pyridine rings is 1. The number of rotatable bonds is 3. The van der Waals surface area contributed by atoms with E-state index in [9.17, 15) is 5.11 Å². The standard InChI is InChI=1S/C13H20N2O/c1-11(16)12-5-4-8-15(9-12)10-13-6-2-3-7-14-13/h2-3,6-7,11-12,16H,4-5,8-10H2,1H3/t11-,12+/m0/s1. The van der Waals surface area contributed by atoms with E-state index in [4.69, 9.17) is 0 Å². The van der Waals surface area contributed by atoms with Gasteiger partial charge in [0.1, 0.15) is 0 Å². The molecule has 2 atom stereocenters. The van der Waals surface area contributed by atoms with E-state index in [2.05, 4.69) is 16.0 Å². The van der Waals surface area contributed by atoms with Gasteiger partial charge >= 0.3 is 0 Å². The number of aliphatic hydroxyl groups excluding tert-OH is 1. The minimum Gasteiger partial charge on any atom is -0.393 e. The topological polar surface area (TPSA) is 36.4 Å². The van der Waals surface area contributed by atoms with Crippen LogP contribution in [0.5, 0.6) is 0 Å². The van der Waals surface area contributed by atoms with Crippen LogP contribution in [0.4, 0.5) is 0 Å². The molecule has 2 heterocycles. The second kappa shape index (κ2) is 5.41. The molecule has 0 saturated carbocycles. The molecule has 1 aliphatic heterocycles. The van der Waals surface area contributed by atoms with E-state index in [1.165, 1.54) is 6.42 Å². The predicted molar refractivity (Wildman–Crippen MR) is 63.9 cm³/mol. The Labute approximate surface area is 97.1 Å². The minimum atomic E-state index is -0.188. The van der Waals surface area contributed by atoms with Crippen LogP contribution in [0.2, 0.25) is 0 Å². The van der Waals surface area contributed by atoms with Crippen molar-refractivity contribution in [2.75, 3.05) is 13.1 Å². The zero-order valence-corrected chi connectivity index (χ0v) is 9.84. The van der Waals surface area contributed by atoms with Gasteiger partial charge in [0.25, 0.3) is 0 Å². The molecule has 1 aliphatic rings. The first-order chi connectivity index (χ1) is 7.75. The predicted octanol–water partition coefficient (Wildman–Crippen LogP) is 1.67. The molecule has 1 aromatic rings. The summed E-state index contributed by atoms with van der Waals surface area (Å²) in [5.41, 5.74) is 1.12. The fourth-order valence-corrected chi connectivity index (χ4v) is 2.35. The maximum absolute atomic E-state index is 9.62. The highest BCUT2D eigenvalue weighted by Crippen LogP contribution is 2.20. The third-order valence-corrected chi connectivity index (χ3v) is 3.34. The van der Waals surface area contributed by atoms with E-state index in [1.54, 1.807) is 0 Å². The second-order valence-corrected chi connectivity index (χ2v) is 4.70. The molecule has 0 unspecified atom stereocenters. The van der Waals surface area contributed by atoms with Crippen molar-refractivity contribution in [2.24, 2.45) is 5.92 Å². The maximum Gasteiger partial charge on any atom is 0.0552 e. The van der Waals surface area contributed by atoms with Gasteiger partial charge in [0.2, 0.25) is 0 Å². The zero-order valence-electron chi connectivity index (χ0n) is 9.84. The van der Waals surface area contributed by atoms with Crippen LogP contribution >= 0.6 is 0 Å². The molecule has 1 saturated heterocycles. The summed E-state index contributed by atoms with van der Waals surface area (Å²) in [6.45, 7) is 4.92. The smallest absolute Gasteiger partial charge is 0.0552 e. The molecule has 0 aromatic carbocycles. The van der Waals surface area contributed by atoms with E-state index in [-0.39, 0.29) is 6.10 Å². The number of aromatic nitrogens is 1. The van der Waals surface area contributed by atoms with Crippen molar-refractivity contribution < 1.29 is 5.11 Å². The Bertz CT molecular complexity index is 313. The van der Waals surface area contributed by atoms with Gasteiger partial charge < -0.3 is 5.11 Å². The van der Waals surface area contributed by atoms with Crippen LogP contribution in [0.15, 0.2) is 24.4 Å². The van der Waals surface area contributed by atoms with Gasteiger partial charge in [-0.2, -0.15) is 0 Å². The van der Waals surface area contributed by atoms with Crippen LogP contribution in [-0.4, -0.2) is 34.2 Å². The summed E-state index contributed by atoms with van der Waals surface area (Å²) in [6.07, 6.45) is 3.98. The summed E-state index contributed by atoms with van der Waals surface area (Å²) in [6, 6.07) is 6.03. The molecular weight excluding hydrogens is 200 g/mol. The normalized spacial score (nSPS) is 24.2. The molecule has 0 aliphatic carbocycles. The van der Waals surface area contributed by atoms with Gasteiger partial charge in [0, 0.05) is 19.3 Å². The van der Waals surface area contributed by atoms with Crippen molar-refractivity contribution in [3.05, 3.63) is 30.1 Å². The molecular formula is C13H20N2O. The molecule has 3 nitrogen and oxygen atoms in total. The van der Waals surface area contributed by atoms with Gasteiger partial charge in [-0.05, 0) is 44.4 Å². The Kier molecular flexibility index (Phi) is 3.91. The highest BCUT2D eigenvalue weighted by Gasteiger charge is 2.23. The summed E-state index contributed by atoms with van der Waals surface area (Å²) in [5, 5.41) is 9.62. The molecule has 2 rings (SSSR count). The minimum absolute atomic E-state index is 0.188. The summed E-state index contributed by atoms with van der Waals surface area (Å²) in [4.78, 5) is 6.73. The molecule has 0 radical (unpaired) electrons. The molecule has 3 heteroatoms. The fraction of sp³-hybridized carbons (Fsp3) is 0.615. The summed E-state index contributed by atoms with van der Waals surface area (Å²) in [7, 11) is 0. The van der Waals surface area contributed by atoms with Gasteiger partial charge in [0.15, 0.2) is 0 Å². The van der Waals surface area contributed by atoms with Crippen molar-refractivity contribution in [2.45, 2.75) is 32.4 Å². The number of aliphatic hydroxyl groups is 1. The van der Waals surface area contributed by atoms with E-state index in [0.29, 0.717) is 5.92 Å². The Morgan fingerprint density at radius 2 is 2.44 bits per heavy atom. The second-order valence-electron chi connectivity index (χ2n) is 4.70. The number of hydrogen-bond donors (Lipinski definition) is 1. The molecule has 88 valence electrons. The van der Waals surface area contributed by atoms with Crippen molar-refractivity contribution >= 4 is 0 Å².